The molecular formula is C6H9BrN2O. The Labute approximate surface area is 67.0 Å². The lowest BCUT2D eigenvalue weighted by atomic mass is 10.2. The average molecular weight is 205 g/mol. The number of alkyl halides is 1. The molecule has 56 valence electrons. The molecule has 0 aliphatic carbocycles. The highest BCUT2D eigenvalue weighted by Gasteiger charge is 2.02. The van der Waals surface area contributed by atoms with Crippen molar-refractivity contribution in [1.29, 1.82) is 0 Å². The standard InChI is InChI=1S/C6H9BrN2O/c1-4-5(2-3-7)6(10)9-8-4/h2-3H2,1H3,(H2,8,9,10). The van der Waals surface area contributed by atoms with Gasteiger partial charge in [-0.25, -0.2) is 0 Å². The maximum absolute atomic E-state index is 10.9. The Morgan fingerprint density at radius 2 is 2.20 bits per heavy atom. The van der Waals surface area contributed by atoms with E-state index in [4.69, 9.17) is 0 Å². The van der Waals surface area contributed by atoms with Gasteiger partial charge >= 0.3 is 0 Å². The van der Waals surface area contributed by atoms with Crippen LogP contribution in [-0.4, -0.2) is 15.5 Å². The van der Waals surface area contributed by atoms with Crippen LogP contribution >= 0.6 is 15.9 Å². The van der Waals surface area contributed by atoms with E-state index < -0.39 is 0 Å². The molecule has 0 saturated heterocycles. The topological polar surface area (TPSA) is 48.6 Å². The summed E-state index contributed by atoms with van der Waals surface area (Å²) in [5.74, 6) is 0. The van der Waals surface area contributed by atoms with Crippen LogP contribution in [0.4, 0.5) is 0 Å². The Bertz CT molecular complexity index is 263. The van der Waals surface area contributed by atoms with Gasteiger partial charge in [0.05, 0.1) is 0 Å². The lowest BCUT2D eigenvalue weighted by molar-refractivity contribution is 1.02. The van der Waals surface area contributed by atoms with Crippen molar-refractivity contribution >= 4 is 15.9 Å². The Morgan fingerprint density at radius 3 is 2.60 bits per heavy atom. The van der Waals surface area contributed by atoms with Crippen LogP contribution in [0.2, 0.25) is 0 Å². The predicted octanol–water partition coefficient (Wildman–Crippen LogP) is 0.949. The SMILES string of the molecule is Cc1[nH][nH]c(=O)c1CCBr. The average Bonchev–Trinajstić information content (AvgIpc) is 2.20. The molecule has 0 radical (unpaired) electrons. The van der Waals surface area contributed by atoms with Gasteiger partial charge in [-0.15, -0.1) is 0 Å². The molecule has 1 heterocycles. The van der Waals surface area contributed by atoms with Gasteiger partial charge in [0.15, 0.2) is 0 Å². The van der Waals surface area contributed by atoms with Crippen molar-refractivity contribution in [2.45, 2.75) is 13.3 Å². The van der Waals surface area contributed by atoms with Gasteiger partial charge in [-0.2, -0.15) is 0 Å². The second-order valence-corrected chi connectivity index (χ2v) is 2.91. The van der Waals surface area contributed by atoms with E-state index in [9.17, 15) is 4.79 Å². The molecule has 0 amide bonds. The van der Waals surface area contributed by atoms with Crippen molar-refractivity contribution in [3.05, 3.63) is 21.6 Å². The number of aromatic amines is 2. The second kappa shape index (κ2) is 3.05. The first-order valence-electron chi connectivity index (χ1n) is 3.07. The van der Waals surface area contributed by atoms with E-state index in [0.29, 0.717) is 0 Å². The first-order valence-corrected chi connectivity index (χ1v) is 4.20. The normalized spacial score (nSPS) is 10.2. The molecule has 1 aromatic heterocycles. The van der Waals surface area contributed by atoms with Crippen molar-refractivity contribution in [1.82, 2.24) is 10.2 Å². The quantitative estimate of drug-likeness (QED) is 0.693. The highest BCUT2D eigenvalue weighted by Crippen LogP contribution is 1.99. The first kappa shape index (κ1) is 7.60. The van der Waals surface area contributed by atoms with Crippen LogP contribution in [0, 0.1) is 6.92 Å². The summed E-state index contributed by atoms with van der Waals surface area (Å²) in [6, 6.07) is 0. The highest BCUT2D eigenvalue weighted by molar-refractivity contribution is 9.09. The van der Waals surface area contributed by atoms with E-state index in [-0.39, 0.29) is 5.56 Å². The zero-order chi connectivity index (χ0) is 7.56. The molecule has 0 unspecified atom stereocenters. The largest absolute Gasteiger partial charge is 0.302 e. The van der Waals surface area contributed by atoms with Crippen molar-refractivity contribution in [2.75, 3.05) is 5.33 Å². The van der Waals surface area contributed by atoms with Crippen LogP contribution in [0.15, 0.2) is 4.79 Å². The molecule has 3 nitrogen and oxygen atoms in total. The van der Waals surface area contributed by atoms with E-state index in [0.717, 1.165) is 23.0 Å². The molecule has 0 aliphatic heterocycles. The number of aromatic nitrogens is 2. The smallest absolute Gasteiger partial charge is 0.267 e. The van der Waals surface area contributed by atoms with E-state index in [1.807, 2.05) is 6.92 Å². The Kier molecular flexibility index (Phi) is 2.32. The second-order valence-electron chi connectivity index (χ2n) is 2.12. The van der Waals surface area contributed by atoms with Gasteiger partial charge in [-0.05, 0) is 13.3 Å². The monoisotopic (exact) mass is 204 g/mol. The van der Waals surface area contributed by atoms with E-state index in [1.165, 1.54) is 0 Å². The van der Waals surface area contributed by atoms with Gasteiger partial charge in [0, 0.05) is 16.6 Å². The fourth-order valence-electron chi connectivity index (χ4n) is 0.867. The third-order valence-electron chi connectivity index (χ3n) is 1.43. The molecule has 0 atom stereocenters. The molecule has 1 rings (SSSR count). The van der Waals surface area contributed by atoms with Crippen molar-refractivity contribution in [3.63, 3.8) is 0 Å². The molecule has 2 N–H and O–H groups in total. The molecule has 4 heteroatoms. The van der Waals surface area contributed by atoms with E-state index in [2.05, 4.69) is 26.1 Å². The summed E-state index contributed by atoms with van der Waals surface area (Å²) < 4.78 is 0. The van der Waals surface area contributed by atoms with Crippen LogP contribution in [0.25, 0.3) is 0 Å². The molecule has 1 aromatic rings. The summed E-state index contributed by atoms with van der Waals surface area (Å²) in [5, 5.41) is 6.11. The molecule has 0 fully saturated rings. The number of aryl methyl sites for hydroxylation is 1. The minimum atomic E-state index is -0.00282. The summed E-state index contributed by atoms with van der Waals surface area (Å²) in [4.78, 5) is 10.9. The van der Waals surface area contributed by atoms with Gasteiger partial charge < -0.3 is 5.10 Å². The zero-order valence-corrected chi connectivity index (χ0v) is 7.29. The van der Waals surface area contributed by atoms with Gasteiger partial charge in [0.2, 0.25) is 0 Å². The Morgan fingerprint density at radius 1 is 1.50 bits per heavy atom. The zero-order valence-electron chi connectivity index (χ0n) is 5.70. The lowest BCUT2D eigenvalue weighted by Gasteiger charge is -1.89. The summed E-state index contributed by atoms with van der Waals surface area (Å²) in [6.45, 7) is 1.88. The molecular weight excluding hydrogens is 196 g/mol. The Balaban J connectivity index is 2.99. The fourth-order valence-corrected chi connectivity index (χ4v) is 1.26. The maximum atomic E-state index is 10.9. The predicted molar refractivity (Wildman–Crippen MR) is 43.6 cm³/mol. The first-order chi connectivity index (χ1) is 4.75. The summed E-state index contributed by atoms with van der Waals surface area (Å²) in [6.07, 6.45) is 0.782. The summed E-state index contributed by atoms with van der Waals surface area (Å²) >= 11 is 3.27. The van der Waals surface area contributed by atoms with Crippen molar-refractivity contribution in [2.24, 2.45) is 0 Å². The minimum absolute atomic E-state index is 0.00282. The molecule has 0 aliphatic rings. The lowest BCUT2D eigenvalue weighted by Crippen LogP contribution is -2.06. The summed E-state index contributed by atoms with van der Waals surface area (Å²) in [5.41, 5.74) is 1.78. The fraction of sp³-hybridized carbons (Fsp3) is 0.500. The number of halogens is 1. The number of hydrogen-bond donors (Lipinski definition) is 2. The number of hydrogen-bond acceptors (Lipinski definition) is 1. The van der Waals surface area contributed by atoms with Crippen molar-refractivity contribution < 1.29 is 0 Å². The number of nitrogens with one attached hydrogen (secondary N) is 2. The van der Waals surface area contributed by atoms with Crippen LogP contribution in [-0.2, 0) is 6.42 Å². The van der Waals surface area contributed by atoms with Crippen LogP contribution in [0.1, 0.15) is 11.3 Å². The van der Waals surface area contributed by atoms with E-state index in [1.54, 1.807) is 0 Å². The third kappa shape index (κ3) is 1.31. The van der Waals surface area contributed by atoms with Gasteiger partial charge in [0.1, 0.15) is 0 Å². The van der Waals surface area contributed by atoms with Crippen LogP contribution < -0.4 is 5.56 Å². The van der Waals surface area contributed by atoms with Gasteiger partial charge in [-0.1, -0.05) is 15.9 Å². The third-order valence-corrected chi connectivity index (χ3v) is 1.83. The molecule has 0 spiro atoms. The van der Waals surface area contributed by atoms with Gasteiger partial charge in [0.25, 0.3) is 5.56 Å². The maximum Gasteiger partial charge on any atom is 0.267 e. The van der Waals surface area contributed by atoms with E-state index >= 15 is 0 Å². The molecule has 0 aromatic carbocycles. The Hall–Kier alpha value is -0.510. The minimum Gasteiger partial charge on any atom is -0.302 e. The molecule has 0 bridgehead atoms. The highest BCUT2D eigenvalue weighted by atomic mass is 79.9. The molecule has 0 saturated carbocycles. The molecule has 10 heavy (non-hydrogen) atoms. The number of H-pyrrole nitrogens is 2. The van der Waals surface area contributed by atoms with Crippen molar-refractivity contribution in [3.8, 4) is 0 Å². The van der Waals surface area contributed by atoms with Crippen LogP contribution in [0.3, 0.4) is 0 Å². The number of rotatable bonds is 2. The van der Waals surface area contributed by atoms with Crippen LogP contribution in [0.5, 0.6) is 0 Å². The van der Waals surface area contributed by atoms with Gasteiger partial charge in [-0.3, -0.25) is 9.89 Å². The summed E-state index contributed by atoms with van der Waals surface area (Å²) in [7, 11) is 0.